The summed E-state index contributed by atoms with van der Waals surface area (Å²) in [5, 5.41) is 11.3. The van der Waals surface area contributed by atoms with Crippen molar-refractivity contribution in [3.63, 3.8) is 0 Å². The highest BCUT2D eigenvalue weighted by Gasteiger charge is 2.22. The van der Waals surface area contributed by atoms with Crippen LogP contribution in [0.25, 0.3) is 0 Å². The molecule has 2 atom stereocenters. The van der Waals surface area contributed by atoms with Crippen molar-refractivity contribution in [2.24, 2.45) is 0 Å². The molecule has 0 aromatic carbocycles. The van der Waals surface area contributed by atoms with Crippen molar-refractivity contribution in [2.45, 2.75) is 44.1 Å². The van der Waals surface area contributed by atoms with Crippen LogP contribution in [0.15, 0.2) is 4.42 Å². The van der Waals surface area contributed by atoms with Gasteiger partial charge in [-0.1, -0.05) is 5.10 Å². The predicted octanol–water partition coefficient (Wildman–Crippen LogP) is 1.94. The van der Waals surface area contributed by atoms with Gasteiger partial charge in [-0.3, -0.25) is 0 Å². The molecule has 2 fully saturated rings. The van der Waals surface area contributed by atoms with Gasteiger partial charge in [0, 0.05) is 19.8 Å². The fourth-order valence-electron chi connectivity index (χ4n) is 2.58. The number of ether oxygens (including phenoxy) is 2. The molecule has 3 heterocycles. The lowest BCUT2D eigenvalue weighted by atomic mass is 10.0. The van der Waals surface area contributed by atoms with Crippen LogP contribution in [0.5, 0.6) is 0 Å². The van der Waals surface area contributed by atoms with Crippen LogP contribution in [0.3, 0.4) is 0 Å². The van der Waals surface area contributed by atoms with Gasteiger partial charge in [-0.05, 0) is 32.1 Å². The molecular weight excluding hydrogens is 246 g/mol. The van der Waals surface area contributed by atoms with Crippen LogP contribution in [-0.4, -0.2) is 42.7 Å². The number of aromatic nitrogens is 2. The Bertz CT molecular complexity index is 384. The van der Waals surface area contributed by atoms with Crippen molar-refractivity contribution in [1.29, 1.82) is 0 Å². The zero-order valence-corrected chi connectivity index (χ0v) is 11.1. The molecule has 1 aromatic rings. The van der Waals surface area contributed by atoms with E-state index in [4.69, 9.17) is 13.9 Å². The molecule has 19 heavy (non-hydrogen) atoms. The van der Waals surface area contributed by atoms with Crippen molar-refractivity contribution in [1.82, 2.24) is 10.2 Å². The molecule has 0 saturated carbocycles. The SMILES string of the molecule is C1CCC(CNc2nnc(C3CCCOC3)o2)OC1. The Balaban J connectivity index is 1.49. The van der Waals surface area contributed by atoms with Gasteiger partial charge in [0.05, 0.1) is 18.6 Å². The van der Waals surface area contributed by atoms with Gasteiger partial charge in [0.15, 0.2) is 0 Å². The van der Waals surface area contributed by atoms with Crippen LogP contribution in [-0.2, 0) is 9.47 Å². The largest absolute Gasteiger partial charge is 0.408 e. The zero-order chi connectivity index (χ0) is 12.9. The van der Waals surface area contributed by atoms with E-state index in [1.165, 1.54) is 12.8 Å². The number of rotatable bonds is 4. The van der Waals surface area contributed by atoms with E-state index in [-0.39, 0.29) is 12.0 Å². The summed E-state index contributed by atoms with van der Waals surface area (Å²) in [6.45, 7) is 3.13. The van der Waals surface area contributed by atoms with Crippen LogP contribution in [0.2, 0.25) is 0 Å². The first-order valence-electron chi connectivity index (χ1n) is 7.18. The van der Waals surface area contributed by atoms with E-state index in [9.17, 15) is 0 Å². The summed E-state index contributed by atoms with van der Waals surface area (Å²) in [6.07, 6.45) is 5.90. The fraction of sp³-hybridized carbons (Fsp3) is 0.846. The summed E-state index contributed by atoms with van der Waals surface area (Å²) < 4.78 is 16.7. The van der Waals surface area contributed by atoms with E-state index < -0.39 is 0 Å². The fourth-order valence-corrected chi connectivity index (χ4v) is 2.58. The number of nitrogens with zero attached hydrogens (tertiary/aromatic N) is 2. The molecule has 0 radical (unpaired) electrons. The van der Waals surface area contributed by atoms with Crippen molar-refractivity contribution in [3.8, 4) is 0 Å². The van der Waals surface area contributed by atoms with Gasteiger partial charge >= 0.3 is 6.01 Å². The van der Waals surface area contributed by atoms with Gasteiger partial charge in [0.25, 0.3) is 0 Å². The summed E-state index contributed by atoms with van der Waals surface area (Å²) in [5.41, 5.74) is 0. The molecule has 3 rings (SSSR count). The van der Waals surface area contributed by atoms with E-state index in [1.807, 2.05) is 0 Å². The quantitative estimate of drug-likeness (QED) is 0.899. The zero-order valence-electron chi connectivity index (χ0n) is 11.1. The second-order valence-electron chi connectivity index (χ2n) is 5.23. The van der Waals surface area contributed by atoms with Gasteiger partial charge in [-0.15, -0.1) is 5.10 Å². The molecule has 0 aliphatic carbocycles. The van der Waals surface area contributed by atoms with Gasteiger partial charge in [0.2, 0.25) is 5.89 Å². The topological polar surface area (TPSA) is 69.4 Å². The normalized spacial score (nSPS) is 28.2. The van der Waals surface area contributed by atoms with Crippen molar-refractivity contribution < 1.29 is 13.9 Å². The molecule has 1 N–H and O–H groups in total. The molecule has 2 aliphatic rings. The number of anilines is 1. The highest BCUT2D eigenvalue weighted by Crippen LogP contribution is 2.25. The lowest BCUT2D eigenvalue weighted by molar-refractivity contribution is 0.0244. The minimum atomic E-state index is 0.253. The Morgan fingerprint density at radius 3 is 2.89 bits per heavy atom. The van der Waals surface area contributed by atoms with Gasteiger partial charge < -0.3 is 19.2 Å². The molecule has 2 saturated heterocycles. The molecule has 2 aliphatic heterocycles. The highest BCUT2D eigenvalue weighted by molar-refractivity contribution is 5.18. The minimum absolute atomic E-state index is 0.253. The Morgan fingerprint density at radius 2 is 2.11 bits per heavy atom. The summed E-state index contributed by atoms with van der Waals surface area (Å²) in [4.78, 5) is 0. The average Bonchev–Trinajstić information content (AvgIpc) is 2.96. The van der Waals surface area contributed by atoms with E-state index >= 15 is 0 Å². The van der Waals surface area contributed by atoms with Gasteiger partial charge in [-0.2, -0.15) is 0 Å². The monoisotopic (exact) mass is 267 g/mol. The summed E-state index contributed by atoms with van der Waals surface area (Å²) in [5.74, 6) is 0.939. The molecule has 2 unspecified atom stereocenters. The Morgan fingerprint density at radius 1 is 1.11 bits per heavy atom. The number of hydrogen-bond acceptors (Lipinski definition) is 6. The van der Waals surface area contributed by atoms with Crippen LogP contribution in [0.4, 0.5) is 6.01 Å². The van der Waals surface area contributed by atoms with Crippen molar-refractivity contribution in [2.75, 3.05) is 31.7 Å². The van der Waals surface area contributed by atoms with Crippen LogP contribution < -0.4 is 5.32 Å². The highest BCUT2D eigenvalue weighted by atomic mass is 16.5. The molecule has 0 bridgehead atoms. The molecule has 0 spiro atoms. The Kier molecular flexibility index (Phi) is 4.30. The third-order valence-corrected chi connectivity index (χ3v) is 3.71. The average molecular weight is 267 g/mol. The van der Waals surface area contributed by atoms with Crippen molar-refractivity contribution >= 4 is 6.01 Å². The smallest absolute Gasteiger partial charge is 0.315 e. The second kappa shape index (κ2) is 6.34. The summed E-state index contributed by atoms with van der Waals surface area (Å²) in [7, 11) is 0. The van der Waals surface area contributed by atoms with E-state index in [2.05, 4.69) is 15.5 Å². The lowest BCUT2D eigenvalue weighted by Crippen LogP contribution is -2.27. The Hall–Kier alpha value is -1.14. The molecular formula is C13H21N3O3. The Labute approximate surface area is 112 Å². The third-order valence-electron chi connectivity index (χ3n) is 3.71. The third kappa shape index (κ3) is 3.45. The first-order valence-corrected chi connectivity index (χ1v) is 7.18. The lowest BCUT2D eigenvalue weighted by Gasteiger charge is -2.22. The van der Waals surface area contributed by atoms with Crippen molar-refractivity contribution in [3.05, 3.63) is 5.89 Å². The van der Waals surface area contributed by atoms with E-state index in [1.54, 1.807) is 0 Å². The van der Waals surface area contributed by atoms with E-state index in [0.29, 0.717) is 18.5 Å². The molecule has 1 aromatic heterocycles. The van der Waals surface area contributed by atoms with E-state index in [0.717, 1.165) is 39.0 Å². The maximum atomic E-state index is 5.65. The summed E-state index contributed by atoms with van der Waals surface area (Å²) >= 11 is 0. The maximum Gasteiger partial charge on any atom is 0.315 e. The van der Waals surface area contributed by atoms with Crippen LogP contribution >= 0.6 is 0 Å². The molecule has 0 amide bonds. The van der Waals surface area contributed by atoms with Gasteiger partial charge in [-0.25, -0.2) is 0 Å². The maximum absolute atomic E-state index is 5.65. The van der Waals surface area contributed by atoms with Crippen LogP contribution in [0.1, 0.15) is 43.9 Å². The molecule has 6 nitrogen and oxygen atoms in total. The molecule has 106 valence electrons. The second-order valence-corrected chi connectivity index (χ2v) is 5.23. The molecule has 6 heteroatoms. The predicted molar refractivity (Wildman–Crippen MR) is 69.2 cm³/mol. The van der Waals surface area contributed by atoms with Crippen LogP contribution in [0, 0.1) is 0 Å². The first-order chi connectivity index (χ1) is 9.42. The summed E-state index contributed by atoms with van der Waals surface area (Å²) in [6, 6.07) is 0.495. The first kappa shape index (κ1) is 12.9. The number of hydrogen-bond donors (Lipinski definition) is 1. The minimum Gasteiger partial charge on any atom is -0.408 e. The standard InChI is InChI=1S/C13H21N3O3/c1-2-7-18-11(5-1)8-14-13-16-15-12(19-13)10-4-3-6-17-9-10/h10-11H,1-9H2,(H,14,16). The van der Waals surface area contributed by atoms with Gasteiger partial charge in [0.1, 0.15) is 0 Å². The number of nitrogens with one attached hydrogen (secondary N) is 1.